The van der Waals surface area contributed by atoms with E-state index in [0.717, 1.165) is 23.2 Å². The smallest absolute Gasteiger partial charge is 0.138 e. The van der Waals surface area contributed by atoms with Gasteiger partial charge in [0.05, 0.1) is 11.9 Å². The molecule has 0 radical (unpaired) electrons. The van der Waals surface area contributed by atoms with Crippen LogP contribution in [0.1, 0.15) is 22.4 Å². The van der Waals surface area contributed by atoms with Crippen molar-refractivity contribution in [3.63, 3.8) is 0 Å². The molecule has 0 aliphatic carbocycles. The Bertz CT molecular complexity index is 467. The lowest BCUT2D eigenvalue weighted by Crippen LogP contribution is -1.94. The third-order valence-electron chi connectivity index (χ3n) is 2.38. The summed E-state index contributed by atoms with van der Waals surface area (Å²) in [5.41, 5.74) is 1.02. The summed E-state index contributed by atoms with van der Waals surface area (Å²) in [7, 11) is 0. The average molecular weight is 312 g/mol. The van der Waals surface area contributed by atoms with Crippen LogP contribution in [0.2, 0.25) is 0 Å². The Morgan fingerprint density at radius 1 is 1.24 bits per heavy atom. The second kappa shape index (κ2) is 6.17. The highest BCUT2D eigenvalue weighted by Crippen LogP contribution is 2.19. The van der Waals surface area contributed by atoms with Crippen LogP contribution < -0.4 is 4.74 Å². The van der Waals surface area contributed by atoms with E-state index in [1.807, 2.05) is 12.1 Å². The third-order valence-corrected chi connectivity index (χ3v) is 4.16. The van der Waals surface area contributed by atoms with Crippen LogP contribution in [-0.2, 0) is 18.4 Å². The van der Waals surface area contributed by atoms with Crippen molar-refractivity contribution in [2.24, 2.45) is 0 Å². The quantitative estimate of drug-likeness (QED) is 0.773. The van der Waals surface area contributed by atoms with Crippen LogP contribution in [-0.4, -0.2) is 4.98 Å². The average Bonchev–Trinajstić information content (AvgIpc) is 2.85. The number of aryl methyl sites for hydroxylation is 1. The minimum absolute atomic E-state index is 0.625. The summed E-state index contributed by atoms with van der Waals surface area (Å²) in [4.78, 5) is 6.92. The molecule has 90 valence electrons. The number of hydrogen-bond donors (Lipinski definition) is 0. The number of halogens is 1. The maximum atomic E-state index is 5.68. The van der Waals surface area contributed by atoms with Crippen molar-refractivity contribution in [3.05, 3.63) is 45.9 Å². The number of rotatable bonds is 5. The minimum atomic E-state index is 0.625. The second-order valence-electron chi connectivity index (χ2n) is 3.63. The monoisotopic (exact) mass is 311 g/mol. The molecular formula is C13H14BrNOS. The molecule has 0 unspecified atom stereocenters. The van der Waals surface area contributed by atoms with Crippen molar-refractivity contribution < 1.29 is 4.74 Å². The van der Waals surface area contributed by atoms with Crippen LogP contribution in [0.3, 0.4) is 0 Å². The Kier molecular flexibility index (Phi) is 4.57. The van der Waals surface area contributed by atoms with Gasteiger partial charge >= 0.3 is 0 Å². The highest BCUT2D eigenvalue weighted by molar-refractivity contribution is 9.08. The Morgan fingerprint density at radius 2 is 2.06 bits per heavy atom. The largest absolute Gasteiger partial charge is 0.486 e. The van der Waals surface area contributed by atoms with Crippen LogP contribution in [0, 0.1) is 0 Å². The molecule has 2 rings (SSSR count). The molecular weight excluding hydrogens is 298 g/mol. The van der Waals surface area contributed by atoms with E-state index < -0.39 is 0 Å². The molecule has 0 saturated heterocycles. The molecule has 0 spiro atoms. The van der Waals surface area contributed by atoms with Crippen LogP contribution in [0.25, 0.3) is 0 Å². The minimum Gasteiger partial charge on any atom is -0.486 e. The number of thiophene rings is 1. The van der Waals surface area contributed by atoms with Gasteiger partial charge in [-0.15, -0.1) is 11.3 Å². The summed E-state index contributed by atoms with van der Waals surface area (Å²) >= 11 is 5.17. The van der Waals surface area contributed by atoms with E-state index in [1.165, 1.54) is 9.75 Å². The van der Waals surface area contributed by atoms with E-state index in [4.69, 9.17) is 4.74 Å². The molecule has 2 aromatic rings. The fraction of sp³-hybridized carbons (Fsp3) is 0.308. The highest BCUT2D eigenvalue weighted by Gasteiger charge is 2.00. The highest BCUT2D eigenvalue weighted by atomic mass is 79.9. The topological polar surface area (TPSA) is 22.1 Å². The lowest BCUT2D eigenvalue weighted by Gasteiger charge is -2.04. The lowest BCUT2D eigenvalue weighted by atomic mass is 10.3. The van der Waals surface area contributed by atoms with Crippen molar-refractivity contribution in [3.8, 4) is 5.75 Å². The third kappa shape index (κ3) is 3.54. The van der Waals surface area contributed by atoms with Crippen LogP contribution in [0.15, 0.2) is 30.5 Å². The first-order chi connectivity index (χ1) is 8.31. The summed E-state index contributed by atoms with van der Waals surface area (Å²) in [5.74, 6) is 0.821. The predicted molar refractivity (Wildman–Crippen MR) is 74.9 cm³/mol. The van der Waals surface area contributed by atoms with Gasteiger partial charge in [0, 0.05) is 15.1 Å². The van der Waals surface area contributed by atoms with Crippen LogP contribution in [0.5, 0.6) is 5.75 Å². The Labute approximate surface area is 114 Å². The summed E-state index contributed by atoms with van der Waals surface area (Å²) in [6.07, 6.45) is 2.86. The van der Waals surface area contributed by atoms with Gasteiger partial charge < -0.3 is 4.74 Å². The zero-order valence-electron chi connectivity index (χ0n) is 9.65. The second-order valence-corrected chi connectivity index (χ2v) is 5.44. The first-order valence-corrected chi connectivity index (χ1v) is 7.47. The van der Waals surface area contributed by atoms with Gasteiger partial charge in [0.25, 0.3) is 0 Å². The van der Waals surface area contributed by atoms with E-state index in [1.54, 1.807) is 17.5 Å². The number of ether oxygens (including phenoxy) is 1. The van der Waals surface area contributed by atoms with Gasteiger partial charge in [-0.25, -0.2) is 0 Å². The number of nitrogens with zero attached hydrogens (tertiary/aromatic N) is 1. The summed E-state index contributed by atoms with van der Waals surface area (Å²) in [5, 5.41) is 0.776. The molecule has 2 nitrogen and oxygen atoms in total. The maximum absolute atomic E-state index is 5.68. The zero-order valence-corrected chi connectivity index (χ0v) is 12.1. The Hall–Kier alpha value is -0.870. The van der Waals surface area contributed by atoms with Crippen molar-refractivity contribution in [1.82, 2.24) is 4.98 Å². The molecule has 0 saturated carbocycles. The van der Waals surface area contributed by atoms with Gasteiger partial charge in [-0.05, 0) is 30.7 Å². The molecule has 2 aromatic heterocycles. The molecule has 0 aromatic carbocycles. The SMILES string of the molecule is CCc1ccc(COc2ccc(CBr)nc2)s1. The molecule has 0 aliphatic rings. The molecule has 0 amide bonds. The van der Waals surface area contributed by atoms with Crippen molar-refractivity contribution in [2.75, 3.05) is 0 Å². The lowest BCUT2D eigenvalue weighted by molar-refractivity contribution is 0.308. The van der Waals surface area contributed by atoms with Gasteiger partial charge in [0.2, 0.25) is 0 Å². The first-order valence-electron chi connectivity index (χ1n) is 5.53. The molecule has 0 atom stereocenters. The van der Waals surface area contributed by atoms with Gasteiger partial charge in [-0.2, -0.15) is 0 Å². The molecule has 17 heavy (non-hydrogen) atoms. The van der Waals surface area contributed by atoms with Crippen LogP contribution >= 0.6 is 27.3 Å². The van der Waals surface area contributed by atoms with E-state index in [9.17, 15) is 0 Å². The normalized spacial score (nSPS) is 10.5. The fourth-order valence-corrected chi connectivity index (χ4v) is 2.62. The van der Waals surface area contributed by atoms with Crippen molar-refractivity contribution in [1.29, 1.82) is 0 Å². The molecule has 0 bridgehead atoms. The fourth-order valence-electron chi connectivity index (χ4n) is 1.42. The van der Waals surface area contributed by atoms with Crippen LogP contribution in [0.4, 0.5) is 0 Å². The van der Waals surface area contributed by atoms with Gasteiger partial charge in [0.15, 0.2) is 0 Å². The standard InChI is InChI=1S/C13H14BrNOS/c1-2-12-5-6-13(17-12)9-16-11-4-3-10(7-14)15-8-11/h3-6,8H,2,7,9H2,1H3. The van der Waals surface area contributed by atoms with Gasteiger partial charge in [-0.1, -0.05) is 22.9 Å². The summed E-state index contributed by atoms with van der Waals surface area (Å²) in [6, 6.07) is 8.22. The van der Waals surface area contributed by atoms with E-state index in [-0.39, 0.29) is 0 Å². The molecule has 4 heteroatoms. The number of aromatic nitrogens is 1. The number of alkyl halides is 1. The zero-order chi connectivity index (χ0) is 12.1. The summed E-state index contributed by atoms with van der Waals surface area (Å²) < 4.78 is 5.68. The molecule has 0 aliphatic heterocycles. The van der Waals surface area contributed by atoms with E-state index >= 15 is 0 Å². The maximum Gasteiger partial charge on any atom is 0.138 e. The number of hydrogen-bond acceptors (Lipinski definition) is 3. The molecule has 0 fully saturated rings. The van der Waals surface area contributed by atoms with E-state index in [0.29, 0.717) is 6.61 Å². The summed E-state index contributed by atoms with van der Waals surface area (Å²) in [6.45, 7) is 2.79. The van der Waals surface area contributed by atoms with Gasteiger partial charge in [0.1, 0.15) is 12.4 Å². The van der Waals surface area contributed by atoms with E-state index in [2.05, 4.69) is 40.0 Å². The molecule has 0 N–H and O–H groups in total. The predicted octanol–water partition coefficient (Wildman–Crippen LogP) is 4.18. The van der Waals surface area contributed by atoms with Gasteiger partial charge in [-0.3, -0.25) is 4.98 Å². The first kappa shape index (κ1) is 12.6. The number of pyridine rings is 1. The van der Waals surface area contributed by atoms with Crippen molar-refractivity contribution >= 4 is 27.3 Å². The Morgan fingerprint density at radius 3 is 2.65 bits per heavy atom. The van der Waals surface area contributed by atoms with Crippen molar-refractivity contribution in [2.45, 2.75) is 25.3 Å². The Balaban J connectivity index is 1.92. The molecule has 2 heterocycles.